The van der Waals surface area contributed by atoms with Crippen LogP contribution in [0.3, 0.4) is 0 Å². The number of Topliss-reactive ketones (excluding diaryl/α,β-unsaturated/α-hetero) is 1. The summed E-state index contributed by atoms with van der Waals surface area (Å²) in [6, 6.07) is 8.34. The molecule has 0 radical (unpaired) electrons. The maximum absolute atomic E-state index is 11.5. The highest BCUT2D eigenvalue weighted by molar-refractivity contribution is 5.86. The lowest BCUT2D eigenvalue weighted by molar-refractivity contribution is -0.117. The van der Waals surface area contributed by atoms with Crippen LogP contribution in [0.1, 0.15) is 44.4 Å². The molecule has 18 heavy (non-hydrogen) atoms. The van der Waals surface area contributed by atoms with Crippen molar-refractivity contribution in [3.63, 3.8) is 0 Å². The first-order valence-electron chi connectivity index (χ1n) is 6.57. The Kier molecular flexibility index (Phi) is 3.55. The van der Waals surface area contributed by atoms with Crippen molar-refractivity contribution in [2.24, 2.45) is 5.92 Å². The van der Waals surface area contributed by atoms with Gasteiger partial charge in [-0.3, -0.25) is 0 Å². The number of hydrogen-bond acceptors (Lipinski definition) is 1. The molecule has 0 unspecified atom stereocenters. The molecule has 1 atom stereocenters. The second-order valence-corrected chi connectivity index (χ2v) is 5.47. The Hall–Kier alpha value is -1.57. The van der Waals surface area contributed by atoms with E-state index in [2.05, 4.69) is 44.0 Å². The monoisotopic (exact) mass is 243 g/mol. The fourth-order valence-corrected chi connectivity index (χ4v) is 2.76. The highest BCUT2D eigenvalue weighted by Crippen LogP contribution is 2.35. The van der Waals surface area contributed by atoms with Gasteiger partial charge in [0.05, 0.1) is 0 Å². The number of rotatable bonds is 4. The van der Waals surface area contributed by atoms with Crippen molar-refractivity contribution in [2.75, 3.05) is 0 Å². The fraction of sp³-hybridized carbons (Fsp3) is 0.438. The third-order valence-corrected chi connectivity index (χ3v) is 3.63. The molecule has 2 heteroatoms. The number of aromatic nitrogens is 1. The van der Waals surface area contributed by atoms with E-state index in [0.29, 0.717) is 18.3 Å². The van der Waals surface area contributed by atoms with Gasteiger partial charge < -0.3 is 9.78 Å². The number of carbonyl (C=O) groups excluding carboxylic acids is 1. The molecule has 0 aliphatic heterocycles. The third kappa shape index (κ3) is 2.33. The lowest BCUT2D eigenvalue weighted by atomic mass is 9.83. The van der Waals surface area contributed by atoms with E-state index in [-0.39, 0.29) is 5.78 Å². The number of carbonyl (C=O) groups is 1. The van der Waals surface area contributed by atoms with Crippen molar-refractivity contribution in [1.29, 1.82) is 0 Å². The maximum atomic E-state index is 11.5. The fourth-order valence-electron chi connectivity index (χ4n) is 2.76. The van der Waals surface area contributed by atoms with Gasteiger partial charge in [0.1, 0.15) is 5.78 Å². The molecule has 1 heterocycles. The van der Waals surface area contributed by atoms with Crippen molar-refractivity contribution in [1.82, 2.24) is 4.98 Å². The predicted octanol–water partition coefficient (Wildman–Crippen LogP) is 4.20. The topological polar surface area (TPSA) is 32.9 Å². The summed E-state index contributed by atoms with van der Waals surface area (Å²) in [7, 11) is 0. The van der Waals surface area contributed by atoms with Crippen LogP contribution >= 0.6 is 0 Å². The number of para-hydroxylation sites is 1. The van der Waals surface area contributed by atoms with Crippen molar-refractivity contribution >= 4 is 16.7 Å². The second kappa shape index (κ2) is 4.97. The van der Waals surface area contributed by atoms with Gasteiger partial charge in [-0.15, -0.1) is 0 Å². The average Bonchev–Trinajstić information content (AvgIpc) is 2.61. The first-order valence-corrected chi connectivity index (χ1v) is 6.57. The Morgan fingerprint density at radius 2 is 1.94 bits per heavy atom. The molecule has 0 bridgehead atoms. The van der Waals surface area contributed by atoms with Gasteiger partial charge in [0.25, 0.3) is 0 Å². The SMILES string of the molecule is CC(=O)C[C@@H](c1c(C)[nH]c2ccccc12)C(C)C. The molecule has 2 nitrogen and oxygen atoms in total. The molecular weight excluding hydrogens is 222 g/mol. The van der Waals surface area contributed by atoms with Crippen LogP contribution in [-0.2, 0) is 4.79 Å². The summed E-state index contributed by atoms with van der Waals surface area (Å²) in [5.41, 5.74) is 3.67. The summed E-state index contributed by atoms with van der Waals surface area (Å²) in [5, 5.41) is 1.26. The Balaban J connectivity index is 2.56. The number of ketones is 1. The summed E-state index contributed by atoms with van der Waals surface area (Å²) in [6.45, 7) is 8.16. The quantitative estimate of drug-likeness (QED) is 0.857. The van der Waals surface area contributed by atoms with Crippen molar-refractivity contribution in [3.05, 3.63) is 35.5 Å². The zero-order valence-corrected chi connectivity index (χ0v) is 11.6. The van der Waals surface area contributed by atoms with Crippen molar-refractivity contribution in [2.45, 2.75) is 40.0 Å². The van der Waals surface area contributed by atoms with Crippen LogP contribution < -0.4 is 0 Å². The largest absolute Gasteiger partial charge is 0.358 e. The number of hydrogen-bond donors (Lipinski definition) is 1. The summed E-state index contributed by atoms with van der Waals surface area (Å²) >= 11 is 0. The minimum atomic E-state index is 0.262. The van der Waals surface area contributed by atoms with E-state index >= 15 is 0 Å². The van der Waals surface area contributed by atoms with Gasteiger partial charge in [-0.2, -0.15) is 0 Å². The van der Waals surface area contributed by atoms with Gasteiger partial charge >= 0.3 is 0 Å². The van der Waals surface area contributed by atoms with Crippen LogP contribution in [0.4, 0.5) is 0 Å². The summed E-state index contributed by atoms with van der Waals surface area (Å²) < 4.78 is 0. The number of H-pyrrole nitrogens is 1. The zero-order valence-electron chi connectivity index (χ0n) is 11.6. The van der Waals surface area contributed by atoms with E-state index in [1.807, 2.05) is 6.07 Å². The number of benzene rings is 1. The Morgan fingerprint density at radius 3 is 2.56 bits per heavy atom. The highest BCUT2D eigenvalue weighted by Gasteiger charge is 2.23. The maximum Gasteiger partial charge on any atom is 0.130 e. The van der Waals surface area contributed by atoms with Crippen molar-refractivity contribution in [3.8, 4) is 0 Å². The van der Waals surface area contributed by atoms with E-state index in [1.54, 1.807) is 6.92 Å². The van der Waals surface area contributed by atoms with Gasteiger partial charge in [-0.05, 0) is 37.3 Å². The van der Waals surface area contributed by atoms with Crippen molar-refractivity contribution < 1.29 is 4.79 Å². The molecular formula is C16H21NO. The lowest BCUT2D eigenvalue weighted by Crippen LogP contribution is -2.11. The van der Waals surface area contributed by atoms with Gasteiger partial charge in [-0.25, -0.2) is 0 Å². The molecule has 0 amide bonds. The van der Waals surface area contributed by atoms with E-state index in [4.69, 9.17) is 0 Å². The lowest BCUT2D eigenvalue weighted by Gasteiger charge is -2.20. The van der Waals surface area contributed by atoms with Gasteiger partial charge in [0.2, 0.25) is 0 Å². The normalized spacial score (nSPS) is 13.2. The number of nitrogens with one attached hydrogen (secondary N) is 1. The van der Waals surface area contributed by atoms with Crippen LogP contribution in [0.25, 0.3) is 10.9 Å². The highest BCUT2D eigenvalue weighted by atomic mass is 16.1. The van der Waals surface area contributed by atoms with Gasteiger partial charge in [0.15, 0.2) is 0 Å². The third-order valence-electron chi connectivity index (χ3n) is 3.63. The zero-order chi connectivity index (χ0) is 13.3. The van der Waals surface area contributed by atoms with E-state index in [0.717, 1.165) is 0 Å². The molecule has 1 aromatic carbocycles. The first kappa shape index (κ1) is 12.9. The first-order chi connectivity index (χ1) is 8.50. The Bertz CT molecular complexity index is 565. The molecule has 2 aromatic rings. The molecule has 0 aliphatic rings. The second-order valence-electron chi connectivity index (χ2n) is 5.47. The standard InChI is InChI=1S/C16H21NO/c1-10(2)14(9-11(3)18)16-12(4)17-15-8-6-5-7-13(15)16/h5-8,10,14,17H,9H2,1-4H3/t14-/m1/s1. The molecule has 2 rings (SSSR count). The minimum absolute atomic E-state index is 0.262. The molecule has 0 fully saturated rings. The van der Waals surface area contributed by atoms with E-state index < -0.39 is 0 Å². The van der Waals surface area contributed by atoms with Crippen LogP contribution in [0.5, 0.6) is 0 Å². The van der Waals surface area contributed by atoms with Gasteiger partial charge in [-0.1, -0.05) is 32.0 Å². The Labute approximate surface area is 108 Å². The average molecular weight is 243 g/mol. The van der Waals surface area contributed by atoms with Crippen LogP contribution in [-0.4, -0.2) is 10.8 Å². The van der Waals surface area contributed by atoms with Crippen LogP contribution in [0.2, 0.25) is 0 Å². The molecule has 0 aliphatic carbocycles. The number of aromatic amines is 1. The van der Waals surface area contributed by atoms with Crippen LogP contribution in [0.15, 0.2) is 24.3 Å². The molecule has 1 N–H and O–H groups in total. The van der Waals surface area contributed by atoms with Crippen LogP contribution in [0, 0.1) is 12.8 Å². The number of fused-ring (bicyclic) bond motifs is 1. The summed E-state index contributed by atoms with van der Waals surface area (Å²) in [5.74, 6) is 1.03. The summed E-state index contributed by atoms with van der Waals surface area (Å²) in [4.78, 5) is 14.9. The molecule has 0 saturated heterocycles. The number of aryl methyl sites for hydroxylation is 1. The van der Waals surface area contributed by atoms with E-state index in [9.17, 15) is 4.79 Å². The predicted molar refractivity (Wildman–Crippen MR) is 75.9 cm³/mol. The minimum Gasteiger partial charge on any atom is -0.358 e. The summed E-state index contributed by atoms with van der Waals surface area (Å²) in [6.07, 6.45) is 0.625. The molecule has 0 saturated carbocycles. The molecule has 96 valence electrons. The Morgan fingerprint density at radius 1 is 1.28 bits per heavy atom. The molecule has 1 aromatic heterocycles. The van der Waals surface area contributed by atoms with Gasteiger partial charge in [0, 0.05) is 23.0 Å². The van der Waals surface area contributed by atoms with E-state index in [1.165, 1.54) is 22.2 Å². The smallest absolute Gasteiger partial charge is 0.130 e. The molecule has 0 spiro atoms.